The minimum atomic E-state index is -1.01. The number of amides is 1. The third kappa shape index (κ3) is 6.50. The van der Waals surface area contributed by atoms with Crippen LogP contribution in [0, 0.1) is 51.8 Å². The van der Waals surface area contributed by atoms with Gasteiger partial charge in [-0.3, -0.25) is 9.59 Å². The van der Waals surface area contributed by atoms with E-state index in [9.17, 15) is 4.79 Å². The summed E-state index contributed by atoms with van der Waals surface area (Å²) in [6, 6.07) is 20.6. The highest BCUT2D eigenvalue weighted by atomic mass is 16.7. The molecule has 2 aromatic carbocycles. The van der Waals surface area contributed by atoms with Crippen molar-refractivity contribution in [3.05, 3.63) is 83.4 Å². The van der Waals surface area contributed by atoms with Crippen molar-refractivity contribution >= 4 is 11.9 Å². The molecule has 59 heavy (non-hydrogen) atoms. The second-order valence-electron chi connectivity index (χ2n) is 19.8. The van der Waals surface area contributed by atoms with E-state index in [1.807, 2.05) is 41.3 Å². The highest BCUT2D eigenvalue weighted by molar-refractivity contribution is 5.87. The molecule has 3 aliphatic heterocycles. The van der Waals surface area contributed by atoms with Crippen molar-refractivity contribution < 1.29 is 28.5 Å². The van der Waals surface area contributed by atoms with E-state index in [0.29, 0.717) is 31.5 Å². The Kier molecular flexibility index (Phi) is 11.7. The van der Waals surface area contributed by atoms with Gasteiger partial charge in [0.2, 0.25) is 5.91 Å². The lowest BCUT2D eigenvalue weighted by Gasteiger charge is -2.63. The molecule has 0 aromatic heterocycles. The van der Waals surface area contributed by atoms with Crippen molar-refractivity contribution in [2.75, 3.05) is 45.9 Å². The Morgan fingerprint density at radius 3 is 2.17 bits per heavy atom. The van der Waals surface area contributed by atoms with Crippen LogP contribution in [0.5, 0.6) is 0 Å². The molecular weight excluding hydrogens is 737 g/mol. The van der Waals surface area contributed by atoms with Crippen molar-refractivity contribution in [1.29, 1.82) is 0 Å². The SMILES string of the molecule is CCN(CC)C(=O)CCC1CC(C23C[C@@H]4[C@H](C)CC[C@H]4C4(C5OCCO5)CC2C=C(C(C)C)C34C(=O)OC(c2ccccc2)c2ccccc2)OC1CN1CCCCC1. The number of hydrogen-bond acceptors (Lipinski definition) is 7. The van der Waals surface area contributed by atoms with E-state index in [4.69, 9.17) is 18.9 Å². The molecular formula is C51H70N2O6. The number of esters is 1. The minimum absolute atomic E-state index is 0.000963. The van der Waals surface area contributed by atoms with Crippen molar-refractivity contribution in [1.82, 2.24) is 9.80 Å². The lowest BCUT2D eigenvalue weighted by Crippen LogP contribution is -2.68. The van der Waals surface area contributed by atoms with Crippen LogP contribution in [0.2, 0.25) is 0 Å². The quantitative estimate of drug-likeness (QED) is 0.139. The summed E-state index contributed by atoms with van der Waals surface area (Å²) in [4.78, 5) is 34.8. The van der Waals surface area contributed by atoms with Gasteiger partial charge >= 0.3 is 5.97 Å². The van der Waals surface area contributed by atoms with E-state index in [0.717, 1.165) is 82.4 Å². The summed E-state index contributed by atoms with van der Waals surface area (Å²) in [6.07, 6.45) is 11.2. The van der Waals surface area contributed by atoms with Gasteiger partial charge in [0.05, 0.1) is 25.4 Å². The lowest BCUT2D eigenvalue weighted by atomic mass is 9.40. The van der Waals surface area contributed by atoms with Gasteiger partial charge < -0.3 is 28.7 Å². The molecule has 0 radical (unpaired) electrons. The first-order valence-electron chi connectivity index (χ1n) is 23.6. The molecule has 9 rings (SSSR count). The van der Waals surface area contributed by atoms with Crippen molar-refractivity contribution in [2.24, 2.45) is 51.8 Å². The fourth-order valence-corrected chi connectivity index (χ4v) is 14.6. The number of carbonyl (C=O) groups is 2. The normalized spacial score (nSPS) is 36.7. The number of ether oxygens (including phenoxy) is 4. The number of rotatable bonds is 14. The molecule has 6 fully saturated rings. The van der Waals surface area contributed by atoms with Crippen LogP contribution in [-0.4, -0.2) is 86.1 Å². The van der Waals surface area contributed by atoms with Gasteiger partial charge in [-0.15, -0.1) is 0 Å². The largest absolute Gasteiger partial charge is 0.452 e. The molecule has 7 aliphatic rings. The smallest absolute Gasteiger partial charge is 0.318 e. The van der Waals surface area contributed by atoms with E-state index < -0.39 is 28.6 Å². The maximum absolute atomic E-state index is 16.7. The van der Waals surface area contributed by atoms with E-state index in [1.54, 1.807) is 0 Å². The molecule has 3 heterocycles. The second-order valence-corrected chi connectivity index (χ2v) is 19.8. The van der Waals surface area contributed by atoms with E-state index in [-0.39, 0.29) is 47.8 Å². The maximum Gasteiger partial charge on any atom is 0.318 e. The predicted octanol–water partition coefficient (Wildman–Crippen LogP) is 9.24. The highest BCUT2D eigenvalue weighted by Gasteiger charge is 2.88. The van der Waals surface area contributed by atoms with Crippen molar-refractivity contribution in [3.8, 4) is 0 Å². The zero-order valence-electron chi connectivity index (χ0n) is 36.5. The number of benzene rings is 2. The average Bonchev–Trinajstić information content (AvgIpc) is 4.09. The molecule has 0 N–H and O–H groups in total. The minimum Gasteiger partial charge on any atom is -0.452 e. The van der Waals surface area contributed by atoms with Crippen molar-refractivity contribution in [2.45, 2.75) is 123 Å². The summed E-state index contributed by atoms with van der Waals surface area (Å²) in [6.45, 7) is 16.8. The first-order valence-corrected chi connectivity index (χ1v) is 23.6. The van der Waals surface area contributed by atoms with Crippen LogP contribution in [-0.2, 0) is 28.5 Å². The molecule has 4 bridgehead atoms. The van der Waals surface area contributed by atoms with Gasteiger partial charge in [0, 0.05) is 36.9 Å². The number of piperidine rings is 1. The first-order chi connectivity index (χ1) is 28.7. The Bertz CT molecular complexity index is 1780. The zero-order valence-corrected chi connectivity index (χ0v) is 36.5. The number of allylic oxidation sites excluding steroid dienone is 1. The summed E-state index contributed by atoms with van der Waals surface area (Å²) in [7, 11) is 0. The van der Waals surface area contributed by atoms with E-state index in [1.165, 1.54) is 24.8 Å². The molecule has 8 nitrogen and oxygen atoms in total. The molecule has 8 heteroatoms. The summed E-state index contributed by atoms with van der Waals surface area (Å²) in [5.41, 5.74) is 1.02. The van der Waals surface area contributed by atoms with Gasteiger partial charge in [-0.25, -0.2) is 0 Å². The highest BCUT2D eigenvalue weighted by Crippen LogP contribution is 2.86. The number of likely N-dealkylation sites (tertiary alicyclic amines) is 1. The summed E-state index contributed by atoms with van der Waals surface area (Å²) < 4.78 is 28.6. The Morgan fingerprint density at radius 2 is 1.54 bits per heavy atom. The Morgan fingerprint density at radius 1 is 0.881 bits per heavy atom. The summed E-state index contributed by atoms with van der Waals surface area (Å²) in [5.74, 6) is 1.81. The summed E-state index contributed by atoms with van der Waals surface area (Å²) in [5, 5.41) is 0. The Balaban J connectivity index is 1.19. The summed E-state index contributed by atoms with van der Waals surface area (Å²) >= 11 is 0. The van der Waals surface area contributed by atoms with Crippen LogP contribution in [0.3, 0.4) is 0 Å². The van der Waals surface area contributed by atoms with Crippen LogP contribution in [0.25, 0.3) is 0 Å². The standard InChI is InChI=1S/C51H70N2O6/c1-6-53(7-2)45(54)24-22-38-29-44(58-43(38)33-52-25-15-10-16-26-52)49-32-40-35(5)21-23-41(40)50(48-56-27-28-57-48)31-39(49)30-42(34(3)4)51(49,50)47(55)59-46(36-17-11-8-12-18-36)37-19-13-9-14-20-37/h8-9,11-14,17-20,30,34-35,38-41,43-44,46,48H,6-7,10,15-16,21-29,31-33H2,1-5H3/t35-,38?,39?,40-,41-,43?,44?,49?,50?,51?/m1/s1. The van der Waals surface area contributed by atoms with E-state index >= 15 is 4.79 Å². The van der Waals surface area contributed by atoms with Crippen LogP contribution in [0.15, 0.2) is 72.3 Å². The lowest BCUT2D eigenvalue weighted by molar-refractivity contribution is -0.256. The molecule has 4 aliphatic carbocycles. The number of hydrogen-bond donors (Lipinski definition) is 0. The molecule has 320 valence electrons. The maximum atomic E-state index is 16.7. The number of carbonyl (C=O) groups excluding carboxylic acids is 2. The molecule has 3 saturated heterocycles. The fraction of sp³-hybridized carbons (Fsp3) is 0.686. The third-order valence-corrected chi connectivity index (χ3v) is 16.9. The van der Waals surface area contributed by atoms with E-state index in [2.05, 4.69) is 69.9 Å². The molecule has 1 amide bonds. The van der Waals surface area contributed by atoms with Crippen LogP contribution in [0.1, 0.15) is 116 Å². The molecule has 3 saturated carbocycles. The fourth-order valence-electron chi connectivity index (χ4n) is 14.6. The Labute approximate surface area is 353 Å². The molecule has 2 aromatic rings. The molecule has 7 unspecified atom stereocenters. The van der Waals surface area contributed by atoms with Crippen LogP contribution in [0.4, 0.5) is 0 Å². The van der Waals surface area contributed by atoms with Gasteiger partial charge in [0.1, 0.15) is 5.41 Å². The number of fused-ring (bicyclic) bond motifs is 2. The second kappa shape index (κ2) is 16.7. The van der Waals surface area contributed by atoms with Crippen LogP contribution < -0.4 is 0 Å². The van der Waals surface area contributed by atoms with Gasteiger partial charge in [0.15, 0.2) is 12.4 Å². The number of nitrogens with zero attached hydrogens (tertiary/aromatic N) is 2. The average molecular weight is 807 g/mol. The van der Waals surface area contributed by atoms with Gasteiger partial charge in [-0.2, -0.15) is 0 Å². The monoisotopic (exact) mass is 807 g/mol. The van der Waals surface area contributed by atoms with Crippen molar-refractivity contribution in [3.63, 3.8) is 0 Å². The van der Waals surface area contributed by atoms with Gasteiger partial charge in [0.25, 0.3) is 0 Å². The van der Waals surface area contributed by atoms with Gasteiger partial charge in [-0.1, -0.05) is 106 Å². The topological polar surface area (TPSA) is 77.5 Å². The first kappa shape index (κ1) is 41.3. The zero-order chi connectivity index (χ0) is 40.9. The predicted molar refractivity (Wildman–Crippen MR) is 229 cm³/mol. The van der Waals surface area contributed by atoms with Gasteiger partial charge in [-0.05, 0) is 119 Å². The molecule has 0 spiro atoms. The van der Waals surface area contributed by atoms with Crippen LogP contribution >= 0.6 is 0 Å². The third-order valence-electron chi connectivity index (χ3n) is 16.9. The Hall–Kier alpha value is -3.04. The molecule has 10 atom stereocenters.